The molecule has 0 aromatic carbocycles. The fourth-order valence-corrected chi connectivity index (χ4v) is 2.54. The number of nitrogens with one attached hydrogen (secondary N) is 1. The van der Waals surface area contributed by atoms with Gasteiger partial charge in [0.05, 0.1) is 6.04 Å². The van der Waals surface area contributed by atoms with Crippen molar-refractivity contribution < 1.29 is 0 Å². The molecule has 1 unspecified atom stereocenters. The zero-order valence-electron chi connectivity index (χ0n) is 10.3. The van der Waals surface area contributed by atoms with Crippen molar-refractivity contribution in [3.05, 3.63) is 5.82 Å². The molecule has 0 radical (unpaired) electrons. The van der Waals surface area contributed by atoms with Crippen LogP contribution in [0.2, 0.25) is 0 Å². The van der Waals surface area contributed by atoms with Gasteiger partial charge in [-0.3, -0.25) is 0 Å². The lowest BCUT2D eigenvalue weighted by Gasteiger charge is -2.29. The SMILES string of the molecule is CC(C)c1nc2n(n1)C(C1(C)CC1)CCN2. The zero-order chi connectivity index (χ0) is 11.3. The second-order valence-electron chi connectivity index (χ2n) is 5.78. The number of aromatic nitrogens is 3. The Balaban J connectivity index is 1.98. The molecule has 1 saturated carbocycles. The molecular weight excluding hydrogens is 200 g/mol. The first-order valence-corrected chi connectivity index (χ1v) is 6.30. The van der Waals surface area contributed by atoms with Crippen LogP contribution in [0.1, 0.15) is 57.8 Å². The number of anilines is 1. The average molecular weight is 220 g/mol. The molecule has 4 heteroatoms. The van der Waals surface area contributed by atoms with E-state index in [0.29, 0.717) is 17.4 Å². The summed E-state index contributed by atoms with van der Waals surface area (Å²) >= 11 is 0. The molecule has 4 nitrogen and oxygen atoms in total. The molecule has 1 N–H and O–H groups in total. The van der Waals surface area contributed by atoms with Crippen molar-refractivity contribution in [3.8, 4) is 0 Å². The van der Waals surface area contributed by atoms with E-state index in [9.17, 15) is 0 Å². The van der Waals surface area contributed by atoms with Gasteiger partial charge in [-0.25, -0.2) is 4.68 Å². The van der Waals surface area contributed by atoms with E-state index in [0.717, 1.165) is 18.3 Å². The van der Waals surface area contributed by atoms with Crippen LogP contribution in [-0.2, 0) is 0 Å². The van der Waals surface area contributed by atoms with Crippen LogP contribution in [0.4, 0.5) is 5.95 Å². The second kappa shape index (κ2) is 3.22. The summed E-state index contributed by atoms with van der Waals surface area (Å²) in [6.45, 7) is 7.71. The first kappa shape index (κ1) is 10.1. The van der Waals surface area contributed by atoms with E-state index in [-0.39, 0.29) is 0 Å². The molecule has 1 atom stereocenters. The Hall–Kier alpha value is -1.06. The van der Waals surface area contributed by atoms with Gasteiger partial charge < -0.3 is 5.32 Å². The van der Waals surface area contributed by atoms with Gasteiger partial charge in [0.15, 0.2) is 5.82 Å². The fourth-order valence-electron chi connectivity index (χ4n) is 2.54. The lowest BCUT2D eigenvalue weighted by Crippen LogP contribution is -2.29. The van der Waals surface area contributed by atoms with E-state index in [1.165, 1.54) is 19.3 Å². The van der Waals surface area contributed by atoms with Crippen molar-refractivity contribution >= 4 is 5.95 Å². The van der Waals surface area contributed by atoms with Gasteiger partial charge in [-0.1, -0.05) is 20.8 Å². The van der Waals surface area contributed by atoms with Gasteiger partial charge >= 0.3 is 0 Å². The maximum absolute atomic E-state index is 4.68. The molecule has 1 aliphatic carbocycles. The summed E-state index contributed by atoms with van der Waals surface area (Å²) in [5.41, 5.74) is 0.485. The number of rotatable bonds is 2. The summed E-state index contributed by atoms with van der Waals surface area (Å²) in [6, 6.07) is 0.559. The standard InChI is InChI=1S/C12H20N4/c1-8(2)10-14-11-13-7-4-9(16(11)15-10)12(3)5-6-12/h8-9H,4-7H2,1-3H3,(H,13,14,15). The van der Waals surface area contributed by atoms with Crippen molar-refractivity contribution in [1.82, 2.24) is 14.8 Å². The van der Waals surface area contributed by atoms with Crippen LogP contribution < -0.4 is 5.32 Å². The van der Waals surface area contributed by atoms with Crippen molar-refractivity contribution in [3.63, 3.8) is 0 Å². The molecule has 0 spiro atoms. The Morgan fingerprint density at radius 1 is 1.44 bits per heavy atom. The third-order valence-electron chi connectivity index (χ3n) is 4.00. The van der Waals surface area contributed by atoms with E-state index >= 15 is 0 Å². The first-order chi connectivity index (χ1) is 7.60. The van der Waals surface area contributed by atoms with Gasteiger partial charge in [-0.2, -0.15) is 10.1 Å². The van der Waals surface area contributed by atoms with Gasteiger partial charge in [0.25, 0.3) is 0 Å². The third-order valence-corrected chi connectivity index (χ3v) is 4.00. The number of hydrogen-bond donors (Lipinski definition) is 1. The van der Waals surface area contributed by atoms with Crippen molar-refractivity contribution in [1.29, 1.82) is 0 Å². The molecule has 1 aromatic rings. The van der Waals surface area contributed by atoms with Crippen molar-refractivity contribution in [2.45, 2.75) is 52.0 Å². The molecule has 0 bridgehead atoms. The fraction of sp³-hybridized carbons (Fsp3) is 0.833. The Bertz CT molecular complexity index is 403. The van der Waals surface area contributed by atoms with E-state index in [4.69, 9.17) is 0 Å². The average Bonchev–Trinajstić information content (AvgIpc) is 2.84. The normalized spacial score (nSPS) is 26.4. The number of nitrogens with zero attached hydrogens (tertiary/aromatic N) is 3. The van der Waals surface area contributed by atoms with Crippen LogP contribution in [0.5, 0.6) is 0 Å². The van der Waals surface area contributed by atoms with Crippen LogP contribution in [0, 0.1) is 5.41 Å². The van der Waals surface area contributed by atoms with Crippen LogP contribution in [0.3, 0.4) is 0 Å². The van der Waals surface area contributed by atoms with Crippen LogP contribution >= 0.6 is 0 Å². The summed E-state index contributed by atoms with van der Waals surface area (Å²) in [4.78, 5) is 4.58. The van der Waals surface area contributed by atoms with E-state index < -0.39 is 0 Å². The summed E-state index contributed by atoms with van der Waals surface area (Å²) in [7, 11) is 0. The minimum Gasteiger partial charge on any atom is -0.354 e. The highest BCUT2D eigenvalue weighted by molar-refractivity contribution is 5.30. The molecule has 2 heterocycles. The van der Waals surface area contributed by atoms with E-state index in [1.807, 2.05) is 0 Å². The molecular formula is C12H20N4. The minimum absolute atomic E-state index is 0.410. The lowest BCUT2D eigenvalue weighted by molar-refractivity contribution is 0.282. The van der Waals surface area contributed by atoms with Gasteiger partial charge in [0.2, 0.25) is 5.95 Å². The summed E-state index contributed by atoms with van der Waals surface area (Å²) in [5, 5.41) is 8.04. The quantitative estimate of drug-likeness (QED) is 0.833. The molecule has 2 aliphatic rings. The molecule has 16 heavy (non-hydrogen) atoms. The Morgan fingerprint density at radius 2 is 2.19 bits per heavy atom. The highest BCUT2D eigenvalue weighted by atomic mass is 15.4. The topological polar surface area (TPSA) is 42.7 Å². The third kappa shape index (κ3) is 1.43. The van der Waals surface area contributed by atoms with Gasteiger partial charge in [-0.15, -0.1) is 0 Å². The molecule has 1 fully saturated rings. The molecule has 3 rings (SSSR count). The molecule has 0 saturated heterocycles. The second-order valence-corrected chi connectivity index (χ2v) is 5.78. The van der Waals surface area contributed by atoms with Crippen molar-refractivity contribution in [2.75, 3.05) is 11.9 Å². The van der Waals surface area contributed by atoms with E-state index in [2.05, 4.69) is 40.9 Å². The summed E-state index contributed by atoms with van der Waals surface area (Å²) in [6.07, 6.45) is 3.87. The van der Waals surface area contributed by atoms with Crippen LogP contribution in [0.25, 0.3) is 0 Å². The Labute approximate surface area is 96.4 Å². The first-order valence-electron chi connectivity index (χ1n) is 6.30. The molecule has 1 aliphatic heterocycles. The zero-order valence-corrected chi connectivity index (χ0v) is 10.3. The highest BCUT2D eigenvalue weighted by Gasteiger charge is 2.47. The van der Waals surface area contributed by atoms with E-state index in [1.54, 1.807) is 0 Å². The maximum Gasteiger partial charge on any atom is 0.221 e. The van der Waals surface area contributed by atoms with Crippen LogP contribution in [0.15, 0.2) is 0 Å². The van der Waals surface area contributed by atoms with Crippen LogP contribution in [-0.4, -0.2) is 21.3 Å². The molecule has 1 aromatic heterocycles. The minimum atomic E-state index is 0.410. The predicted octanol–water partition coefficient (Wildman–Crippen LogP) is 2.56. The van der Waals surface area contributed by atoms with Crippen molar-refractivity contribution in [2.24, 2.45) is 5.41 Å². The predicted molar refractivity (Wildman–Crippen MR) is 63.6 cm³/mol. The monoisotopic (exact) mass is 220 g/mol. The van der Waals surface area contributed by atoms with Gasteiger partial charge in [0.1, 0.15) is 0 Å². The summed E-state index contributed by atoms with van der Waals surface area (Å²) < 4.78 is 2.14. The lowest BCUT2D eigenvalue weighted by atomic mass is 9.95. The van der Waals surface area contributed by atoms with Gasteiger partial charge in [-0.05, 0) is 24.7 Å². The number of hydrogen-bond acceptors (Lipinski definition) is 3. The number of fused-ring (bicyclic) bond motifs is 1. The Kier molecular flexibility index (Phi) is 2.03. The maximum atomic E-state index is 4.68. The summed E-state index contributed by atoms with van der Waals surface area (Å²) in [5.74, 6) is 2.36. The highest BCUT2D eigenvalue weighted by Crippen LogP contribution is 2.56. The molecule has 0 amide bonds. The smallest absolute Gasteiger partial charge is 0.221 e. The Morgan fingerprint density at radius 3 is 2.81 bits per heavy atom. The van der Waals surface area contributed by atoms with Gasteiger partial charge in [0, 0.05) is 12.5 Å². The largest absolute Gasteiger partial charge is 0.354 e. The molecule has 88 valence electrons.